The summed E-state index contributed by atoms with van der Waals surface area (Å²) in [6.07, 6.45) is 4.51. The molecule has 96 valence electrons. The van der Waals surface area contributed by atoms with E-state index >= 15 is 0 Å². The van der Waals surface area contributed by atoms with Crippen LogP contribution in [0.3, 0.4) is 0 Å². The Kier molecular flexibility index (Phi) is 3.40. The lowest BCUT2D eigenvalue weighted by Crippen LogP contribution is -2.44. The fraction of sp³-hybridized carbons (Fsp3) is 0.455. The normalized spacial score (nSPS) is 20.2. The molecule has 1 aliphatic rings. The molecule has 18 heavy (non-hydrogen) atoms. The van der Waals surface area contributed by atoms with Crippen LogP contribution in [0.1, 0.15) is 29.0 Å². The second kappa shape index (κ2) is 4.99. The fourth-order valence-electron chi connectivity index (χ4n) is 2.03. The fourth-order valence-corrected chi connectivity index (χ4v) is 2.03. The van der Waals surface area contributed by atoms with E-state index in [2.05, 4.69) is 15.1 Å². The molecule has 0 radical (unpaired) electrons. The Morgan fingerprint density at radius 3 is 2.94 bits per heavy atom. The Morgan fingerprint density at radius 1 is 1.56 bits per heavy atom. The molecule has 0 spiro atoms. The van der Waals surface area contributed by atoms with E-state index in [1.165, 1.54) is 6.20 Å². The van der Waals surface area contributed by atoms with Crippen LogP contribution in [0.25, 0.3) is 0 Å². The summed E-state index contributed by atoms with van der Waals surface area (Å²) in [5, 5.41) is 11.7. The number of carbonyl (C=O) groups excluding carboxylic acids is 1. The van der Waals surface area contributed by atoms with Gasteiger partial charge in [0, 0.05) is 12.7 Å². The van der Waals surface area contributed by atoms with E-state index in [1.807, 2.05) is 0 Å². The third kappa shape index (κ3) is 2.24. The number of nitrogens with two attached hydrogens (primary N) is 1. The molecule has 1 atom stereocenters. The van der Waals surface area contributed by atoms with Crippen LogP contribution in [0.2, 0.25) is 0 Å². The summed E-state index contributed by atoms with van der Waals surface area (Å²) in [5.74, 6) is -0.183. The number of nitrogens with zero attached hydrogens (tertiary/aromatic N) is 4. The van der Waals surface area contributed by atoms with Crippen LogP contribution in [0.15, 0.2) is 17.5 Å². The zero-order valence-corrected chi connectivity index (χ0v) is 10.1. The van der Waals surface area contributed by atoms with Gasteiger partial charge >= 0.3 is 0 Å². The van der Waals surface area contributed by atoms with Crippen molar-refractivity contribution in [1.82, 2.24) is 14.9 Å². The second-order valence-electron chi connectivity index (χ2n) is 4.22. The Balaban J connectivity index is 2.20. The predicted octanol–water partition coefficient (Wildman–Crippen LogP) is 0.136. The third-order valence-electron chi connectivity index (χ3n) is 2.97. The summed E-state index contributed by atoms with van der Waals surface area (Å²) in [5.41, 5.74) is 6.61. The number of oxime groups is 1. The highest BCUT2D eigenvalue weighted by Gasteiger charge is 2.33. The molecule has 0 bridgehead atoms. The van der Waals surface area contributed by atoms with Crippen molar-refractivity contribution in [2.24, 2.45) is 10.9 Å². The molecule has 1 amide bonds. The van der Waals surface area contributed by atoms with Gasteiger partial charge in [-0.3, -0.25) is 9.78 Å². The zero-order chi connectivity index (χ0) is 13.1. The number of amidine groups is 1. The number of aryl methyl sites for hydroxylation is 1. The average molecular weight is 249 g/mol. The quantitative estimate of drug-likeness (QED) is 0.335. The minimum atomic E-state index is -0.356. The van der Waals surface area contributed by atoms with Gasteiger partial charge in [-0.1, -0.05) is 5.16 Å². The van der Waals surface area contributed by atoms with Gasteiger partial charge in [0.05, 0.1) is 17.9 Å². The average Bonchev–Trinajstić information content (AvgIpc) is 2.87. The van der Waals surface area contributed by atoms with Gasteiger partial charge in [-0.15, -0.1) is 0 Å². The highest BCUT2D eigenvalue weighted by atomic mass is 16.4. The molecule has 0 aliphatic carbocycles. The molecule has 2 rings (SSSR count). The van der Waals surface area contributed by atoms with Crippen molar-refractivity contribution in [2.45, 2.75) is 25.8 Å². The van der Waals surface area contributed by atoms with Gasteiger partial charge in [-0.05, 0) is 19.8 Å². The van der Waals surface area contributed by atoms with E-state index in [-0.39, 0.29) is 23.5 Å². The Labute approximate surface area is 104 Å². The van der Waals surface area contributed by atoms with E-state index in [0.717, 1.165) is 12.1 Å². The minimum Gasteiger partial charge on any atom is -0.409 e. The second-order valence-corrected chi connectivity index (χ2v) is 4.22. The molecular formula is C11H15N5O2. The number of amides is 1. The summed E-state index contributed by atoms with van der Waals surface area (Å²) in [6, 6.07) is -0.356. The first-order valence-corrected chi connectivity index (χ1v) is 5.70. The number of hydrogen-bond acceptors (Lipinski definition) is 5. The SMILES string of the molecule is Cc1cnc(C(=O)N2CCCC2C(N)=NO)cn1. The molecule has 7 heteroatoms. The van der Waals surface area contributed by atoms with Crippen LogP contribution in [-0.2, 0) is 0 Å². The molecule has 3 N–H and O–H groups in total. The lowest BCUT2D eigenvalue weighted by molar-refractivity contribution is 0.0761. The van der Waals surface area contributed by atoms with Crippen LogP contribution in [0.4, 0.5) is 0 Å². The summed E-state index contributed by atoms with van der Waals surface area (Å²) in [7, 11) is 0. The van der Waals surface area contributed by atoms with Crippen LogP contribution < -0.4 is 5.73 Å². The van der Waals surface area contributed by atoms with Gasteiger partial charge in [-0.2, -0.15) is 0 Å². The predicted molar refractivity (Wildman–Crippen MR) is 64.2 cm³/mol. The van der Waals surface area contributed by atoms with Crippen molar-refractivity contribution in [3.8, 4) is 0 Å². The molecule has 1 aromatic heterocycles. The number of hydrogen-bond donors (Lipinski definition) is 2. The van der Waals surface area contributed by atoms with Crippen LogP contribution >= 0.6 is 0 Å². The van der Waals surface area contributed by atoms with Gasteiger partial charge in [0.25, 0.3) is 5.91 Å². The maximum atomic E-state index is 12.2. The smallest absolute Gasteiger partial charge is 0.274 e. The van der Waals surface area contributed by atoms with E-state index in [9.17, 15) is 4.79 Å². The monoisotopic (exact) mass is 249 g/mol. The first-order chi connectivity index (χ1) is 8.63. The third-order valence-corrected chi connectivity index (χ3v) is 2.97. The largest absolute Gasteiger partial charge is 0.409 e. The van der Waals surface area contributed by atoms with Crippen molar-refractivity contribution in [1.29, 1.82) is 0 Å². The van der Waals surface area contributed by atoms with Crippen molar-refractivity contribution >= 4 is 11.7 Å². The highest BCUT2D eigenvalue weighted by molar-refractivity contribution is 5.97. The maximum absolute atomic E-state index is 12.2. The van der Waals surface area contributed by atoms with Crippen LogP contribution in [0.5, 0.6) is 0 Å². The Bertz CT molecular complexity index is 471. The zero-order valence-electron chi connectivity index (χ0n) is 10.1. The first-order valence-electron chi connectivity index (χ1n) is 5.70. The number of likely N-dealkylation sites (tertiary alicyclic amines) is 1. The van der Waals surface area contributed by atoms with Crippen molar-refractivity contribution in [2.75, 3.05) is 6.54 Å². The molecule has 2 heterocycles. The molecule has 1 unspecified atom stereocenters. The topological polar surface area (TPSA) is 105 Å². The summed E-state index contributed by atoms with van der Waals surface area (Å²) in [6.45, 7) is 2.38. The molecule has 7 nitrogen and oxygen atoms in total. The first kappa shape index (κ1) is 12.3. The van der Waals surface area contributed by atoms with Crippen LogP contribution in [0, 0.1) is 6.92 Å². The van der Waals surface area contributed by atoms with E-state index < -0.39 is 0 Å². The van der Waals surface area contributed by atoms with Crippen molar-refractivity contribution in [3.63, 3.8) is 0 Å². The summed E-state index contributed by atoms with van der Waals surface area (Å²) < 4.78 is 0. The summed E-state index contributed by atoms with van der Waals surface area (Å²) >= 11 is 0. The van der Waals surface area contributed by atoms with Gasteiger partial charge < -0.3 is 15.8 Å². The lowest BCUT2D eigenvalue weighted by Gasteiger charge is -2.22. The molecule has 1 aromatic rings. The van der Waals surface area contributed by atoms with E-state index in [0.29, 0.717) is 13.0 Å². The van der Waals surface area contributed by atoms with Gasteiger partial charge in [0.1, 0.15) is 5.69 Å². The number of rotatable bonds is 2. The summed E-state index contributed by atoms with van der Waals surface area (Å²) in [4.78, 5) is 21.9. The molecule has 1 fully saturated rings. The highest BCUT2D eigenvalue weighted by Crippen LogP contribution is 2.19. The minimum absolute atomic E-state index is 0.0564. The van der Waals surface area contributed by atoms with Gasteiger partial charge in [-0.25, -0.2) is 4.98 Å². The molecule has 0 aromatic carbocycles. The maximum Gasteiger partial charge on any atom is 0.274 e. The molecule has 0 saturated carbocycles. The van der Waals surface area contributed by atoms with Gasteiger partial charge in [0.2, 0.25) is 0 Å². The van der Waals surface area contributed by atoms with Crippen molar-refractivity contribution in [3.05, 3.63) is 23.8 Å². The Morgan fingerprint density at radius 2 is 2.33 bits per heavy atom. The molecule has 1 saturated heterocycles. The van der Waals surface area contributed by atoms with E-state index in [1.54, 1.807) is 18.0 Å². The molecule has 1 aliphatic heterocycles. The Hall–Kier alpha value is -2.18. The van der Waals surface area contributed by atoms with Crippen molar-refractivity contribution < 1.29 is 10.0 Å². The van der Waals surface area contributed by atoms with Crippen LogP contribution in [-0.4, -0.2) is 44.4 Å². The van der Waals surface area contributed by atoms with E-state index in [4.69, 9.17) is 10.9 Å². The standard InChI is InChI=1S/C11H15N5O2/c1-7-5-14-8(6-13-7)11(17)16-4-2-3-9(16)10(12)15-18/h5-6,9,18H,2-4H2,1H3,(H2,12,15). The van der Waals surface area contributed by atoms with Gasteiger partial charge in [0.15, 0.2) is 5.84 Å². The number of aromatic nitrogens is 2. The number of carbonyl (C=O) groups is 1. The lowest BCUT2D eigenvalue weighted by atomic mass is 10.2. The molecular weight excluding hydrogens is 234 g/mol.